The maximum Gasteiger partial charge on any atom is 0.251 e. The standard InChI is InChI=1S/C20H16ClF2N3O/c21-15-4-1-3-13(11-15)7-9-25-20(27)14-8-10-24-18(12-14)26-19-16(22)5-2-6-17(19)23/h1-6,8,10-12H,7,9H2,(H,24,26)(H,25,27). The summed E-state index contributed by atoms with van der Waals surface area (Å²) in [5.74, 6) is -1.63. The summed E-state index contributed by atoms with van der Waals surface area (Å²) >= 11 is 5.93. The van der Waals surface area contributed by atoms with Gasteiger partial charge in [-0.1, -0.05) is 29.8 Å². The van der Waals surface area contributed by atoms with Crippen molar-refractivity contribution in [3.8, 4) is 0 Å². The van der Waals surface area contributed by atoms with Gasteiger partial charge in [0.05, 0.1) is 0 Å². The fourth-order valence-corrected chi connectivity index (χ4v) is 2.71. The normalized spacial score (nSPS) is 10.5. The van der Waals surface area contributed by atoms with E-state index in [4.69, 9.17) is 11.6 Å². The first-order valence-electron chi connectivity index (χ1n) is 8.22. The molecule has 4 nitrogen and oxygen atoms in total. The van der Waals surface area contributed by atoms with Gasteiger partial charge in [-0.15, -0.1) is 0 Å². The smallest absolute Gasteiger partial charge is 0.251 e. The van der Waals surface area contributed by atoms with E-state index < -0.39 is 11.6 Å². The lowest BCUT2D eigenvalue weighted by Gasteiger charge is -2.10. The van der Waals surface area contributed by atoms with Crippen LogP contribution in [0.1, 0.15) is 15.9 Å². The van der Waals surface area contributed by atoms with Gasteiger partial charge in [-0.05, 0) is 48.4 Å². The maximum absolute atomic E-state index is 13.7. The number of carbonyl (C=O) groups excluding carboxylic acids is 1. The van der Waals surface area contributed by atoms with Gasteiger partial charge in [-0.25, -0.2) is 13.8 Å². The molecule has 0 saturated heterocycles. The summed E-state index contributed by atoms with van der Waals surface area (Å²) in [6.07, 6.45) is 2.02. The molecule has 0 saturated carbocycles. The Balaban J connectivity index is 1.63. The molecule has 0 radical (unpaired) electrons. The number of aromatic nitrogens is 1. The van der Waals surface area contributed by atoms with Crippen LogP contribution in [0.4, 0.5) is 20.3 Å². The molecule has 2 aromatic carbocycles. The van der Waals surface area contributed by atoms with Gasteiger partial charge >= 0.3 is 0 Å². The molecule has 7 heteroatoms. The number of nitrogens with one attached hydrogen (secondary N) is 2. The third kappa shape index (κ3) is 5.01. The second-order valence-electron chi connectivity index (χ2n) is 5.79. The van der Waals surface area contributed by atoms with Gasteiger partial charge in [-0.2, -0.15) is 0 Å². The fraction of sp³-hybridized carbons (Fsp3) is 0.100. The molecule has 1 aromatic heterocycles. The number of carbonyl (C=O) groups is 1. The Kier molecular flexibility index (Phi) is 5.98. The Labute approximate surface area is 160 Å². The second kappa shape index (κ2) is 8.60. The number of halogens is 3. The minimum absolute atomic E-state index is 0.168. The predicted molar refractivity (Wildman–Crippen MR) is 101 cm³/mol. The highest BCUT2D eigenvalue weighted by Gasteiger charge is 2.11. The Morgan fingerprint density at radius 2 is 1.78 bits per heavy atom. The largest absolute Gasteiger partial charge is 0.352 e. The summed E-state index contributed by atoms with van der Waals surface area (Å²) < 4.78 is 27.5. The Morgan fingerprint density at radius 3 is 2.52 bits per heavy atom. The van der Waals surface area contributed by atoms with Gasteiger partial charge in [0.1, 0.15) is 23.1 Å². The first kappa shape index (κ1) is 18.8. The number of pyridine rings is 1. The van der Waals surface area contributed by atoms with Gasteiger partial charge in [0.2, 0.25) is 0 Å². The van der Waals surface area contributed by atoms with Gasteiger partial charge < -0.3 is 10.6 Å². The average Bonchev–Trinajstić information content (AvgIpc) is 2.65. The van der Waals surface area contributed by atoms with Crippen LogP contribution in [0, 0.1) is 11.6 Å². The van der Waals surface area contributed by atoms with Crippen molar-refractivity contribution in [1.29, 1.82) is 0 Å². The van der Waals surface area contributed by atoms with E-state index in [1.807, 2.05) is 18.2 Å². The van der Waals surface area contributed by atoms with Crippen LogP contribution >= 0.6 is 11.6 Å². The summed E-state index contributed by atoms with van der Waals surface area (Å²) in [4.78, 5) is 16.3. The van der Waals surface area contributed by atoms with Crippen molar-refractivity contribution >= 4 is 29.0 Å². The van der Waals surface area contributed by atoms with Gasteiger partial charge in [0.25, 0.3) is 5.91 Å². The lowest BCUT2D eigenvalue weighted by atomic mass is 10.1. The zero-order valence-corrected chi connectivity index (χ0v) is 14.9. The molecule has 2 N–H and O–H groups in total. The summed E-state index contributed by atoms with van der Waals surface area (Å²) in [6, 6.07) is 13.9. The highest BCUT2D eigenvalue weighted by Crippen LogP contribution is 2.22. The average molecular weight is 388 g/mol. The predicted octanol–water partition coefficient (Wildman–Crippen LogP) is 4.73. The first-order chi connectivity index (χ1) is 13.0. The topological polar surface area (TPSA) is 54.0 Å². The van der Waals surface area contributed by atoms with Crippen LogP contribution in [-0.4, -0.2) is 17.4 Å². The van der Waals surface area contributed by atoms with Crippen LogP contribution in [0.25, 0.3) is 0 Å². The van der Waals surface area contributed by atoms with E-state index in [0.717, 1.165) is 17.7 Å². The van der Waals surface area contributed by atoms with Crippen molar-refractivity contribution in [1.82, 2.24) is 10.3 Å². The number of anilines is 2. The summed E-state index contributed by atoms with van der Waals surface area (Å²) in [5.41, 5.74) is 1.02. The molecule has 138 valence electrons. The number of nitrogens with zero attached hydrogens (tertiary/aromatic N) is 1. The molecule has 0 atom stereocenters. The van der Waals surface area contributed by atoms with E-state index >= 15 is 0 Å². The van der Waals surface area contributed by atoms with Crippen molar-refractivity contribution < 1.29 is 13.6 Å². The van der Waals surface area contributed by atoms with E-state index in [0.29, 0.717) is 23.6 Å². The third-order valence-electron chi connectivity index (χ3n) is 3.83. The van der Waals surface area contributed by atoms with Crippen LogP contribution in [0.2, 0.25) is 5.02 Å². The first-order valence-corrected chi connectivity index (χ1v) is 8.60. The molecule has 0 spiro atoms. The minimum Gasteiger partial charge on any atom is -0.352 e. The molecule has 0 bridgehead atoms. The molecule has 3 aromatic rings. The highest BCUT2D eigenvalue weighted by molar-refractivity contribution is 6.30. The van der Waals surface area contributed by atoms with Crippen molar-refractivity contribution in [2.24, 2.45) is 0 Å². The molecule has 0 aliphatic rings. The Hall–Kier alpha value is -2.99. The maximum atomic E-state index is 13.7. The summed E-state index contributed by atoms with van der Waals surface area (Å²) in [6.45, 7) is 0.423. The summed E-state index contributed by atoms with van der Waals surface area (Å²) in [7, 11) is 0. The molecule has 3 rings (SSSR count). The minimum atomic E-state index is -0.742. The summed E-state index contributed by atoms with van der Waals surface area (Å²) in [5, 5.41) is 6.01. The molecule has 0 fully saturated rings. The van der Waals surface area contributed by atoms with Crippen molar-refractivity contribution in [2.75, 3.05) is 11.9 Å². The Morgan fingerprint density at radius 1 is 1.04 bits per heavy atom. The molecule has 0 aliphatic heterocycles. The van der Waals surface area contributed by atoms with E-state index in [1.165, 1.54) is 24.4 Å². The number of rotatable bonds is 6. The SMILES string of the molecule is O=C(NCCc1cccc(Cl)c1)c1ccnc(Nc2c(F)cccc2F)c1. The van der Waals surface area contributed by atoms with Crippen molar-refractivity contribution in [3.63, 3.8) is 0 Å². The van der Waals surface area contributed by atoms with Gasteiger partial charge in [-0.3, -0.25) is 4.79 Å². The van der Waals surface area contributed by atoms with Crippen LogP contribution in [-0.2, 0) is 6.42 Å². The van der Waals surface area contributed by atoms with Gasteiger partial charge in [0, 0.05) is 23.3 Å². The van der Waals surface area contributed by atoms with Crippen molar-refractivity contribution in [3.05, 3.63) is 88.6 Å². The van der Waals surface area contributed by atoms with E-state index in [2.05, 4.69) is 15.6 Å². The van der Waals surface area contributed by atoms with Crippen molar-refractivity contribution in [2.45, 2.75) is 6.42 Å². The number of hydrogen-bond acceptors (Lipinski definition) is 3. The van der Waals surface area contributed by atoms with Crippen LogP contribution in [0.5, 0.6) is 0 Å². The lowest BCUT2D eigenvalue weighted by Crippen LogP contribution is -2.25. The second-order valence-corrected chi connectivity index (χ2v) is 6.22. The number of hydrogen-bond donors (Lipinski definition) is 2. The van der Waals surface area contributed by atoms with E-state index in [-0.39, 0.29) is 17.4 Å². The van der Waals surface area contributed by atoms with Crippen LogP contribution in [0.15, 0.2) is 60.8 Å². The third-order valence-corrected chi connectivity index (χ3v) is 4.06. The fourth-order valence-electron chi connectivity index (χ4n) is 2.50. The zero-order chi connectivity index (χ0) is 19.2. The number of para-hydroxylation sites is 1. The molecular formula is C20H16ClF2N3O. The van der Waals surface area contributed by atoms with E-state index in [1.54, 1.807) is 6.07 Å². The Bertz CT molecular complexity index is 945. The molecule has 0 unspecified atom stereocenters. The lowest BCUT2D eigenvalue weighted by molar-refractivity contribution is 0.0954. The quantitative estimate of drug-likeness (QED) is 0.643. The highest BCUT2D eigenvalue weighted by atomic mass is 35.5. The molecule has 1 amide bonds. The van der Waals surface area contributed by atoms with Gasteiger partial charge in [0.15, 0.2) is 0 Å². The molecule has 1 heterocycles. The van der Waals surface area contributed by atoms with Crippen LogP contribution < -0.4 is 10.6 Å². The molecule has 0 aliphatic carbocycles. The monoisotopic (exact) mass is 387 g/mol. The van der Waals surface area contributed by atoms with Crippen LogP contribution in [0.3, 0.4) is 0 Å². The number of benzene rings is 2. The zero-order valence-electron chi connectivity index (χ0n) is 14.2. The number of amides is 1. The molecular weight excluding hydrogens is 372 g/mol. The van der Waals surface area contributed by atoms with E-state index in [9.17, 15) is 13.6 Å². The molecule has 27 heavy (non-hydrogen) atoms.